The second-order valence-electron chi connectivity index (χ2n) is 1.24. The van der Waals surface area contributed by atoms with E-state index >= 15 is 0 Å². The zero-order valence-electron chi connectivity index (χ0n) is 4.89. The summed E-state index contributed by atoms with van der Waals surface area (Å²) < 4.78 is 0. The fraction of sp³-hybridized carbons (Fsp3) is 0. The predicted molar refractivity (Wildman–Crippen MR) is 38.4 cm³/mol. The molecular weight excluding hydrogens is 223 g/mol. The summed E-state index contributed by atoms with van der Waals surface area (Å²) in [6.45, 7) is 0. The first-order valence-electron chi connectivity index (χ1n) is 1.90. The Kier molecular flexibility index (Phi) is 4.62. The van der Waals surface area contributed by atoms with Gasteiger partial charge >= 0.3 is 57.5 Å². The molecule has 0 unspecified atom stereocenters. The molecule has 0 fully saturated rings. The van der Waals surface area contributed by atoms with E-state index < -0.39 is 9.60 Å². The summed E-state index contributed by atoms with van der Waals surface area (Å²) in [6.07, 6.45) is 0. The van der Waals surface area contributed by atoms with E-state index in [-0.39, 0.29) is 17.4 Å². The summed E-state index contributed by atoms with van der Waals surface area (Å²) >= 11 is 0. The molecule has 0 saturated heterocycles. The minimum Gasteiger partial charge on any atom is 0.187 e. The number of rotatable bonds is 0. The zero-order valence-corrected chi connectivity index (χ0v) is 6.00. The maximum atomic E-state index is 9.96. The molecule has 0 aromatic carbocycles. The smallest absolute Gasteiger partial charge is 0.187 e. The maximum Gasteiger partial charge on any atom is 0.187 e. The van der Waals surface area contributed by atoms with Crippen LogP contribution < -0.4 is 0 Å². The van der Waals surface area contributed by atoms with Gasteiger partial charge in [-0.05, 0) is 0 Å². The number of hydrogen-bond acceptors (Lipinski definition) is 5. The van der Waals surface area contributed by atoms with Gasteiger partial charge in [-0.25, -0.2) is 0 Å². The van der Waals surface area contributed by atoms with Crippen molar-refractivity contribution in [2.75, 3.05) is 0 Å². The van der Waals surface area contributed by atoms with Crippen LogP contribution in [0.5, 0.6) is 0 Å². The van der Waals surface area contributed by atoms with Crippen molar-refractivity contribution < 1.29 is 33.6 Å². The molecule has 0 heterocycles. The van der Waals surface area contributed by atoms with Crippen LogP contribution in [0.3, 0.4) is 0 Å². The van der Waals surface area contributed by atoms with E-state index in [2.05, 4.69) is 0 Å². The standard InChI is InChI=1S/5CO.Al.Fe.3H/c5*1-2;;;;;. The van der Waals surface area contributed by atoms with E-state index in [9.17, 15) is 24.0 Å². The van der Waals surface area contributed by atoms with E-state index in [0.29, 0.717) is 0 Å². The van der Waals surface area contributed by atoms with E-state index in [1.807, 2.05) is 0 Å². The van der Waals surface area contributed by atoms with Crippen molar-refractivity contribution in [3.05, 3.63) is 0 Å². The molecule has 0 aromatic heterocycles. The molecule has 0 aliphatic carbocycles. The molecular formula is C5H3AlFeO5. The fourth-order valence-corrected chi connectivity index (χ4v) is 0.607. The van der Waals surface area contributed by atoms with Crippen LogP contribution in [0.15, 0.2) is 0 Å². The first-order valence-corrected chi connectivity index (χ1v) is 4.66. The Morgan fingerprint density at radius 1 is 0.583 bits per heavy atom. The fourth-order valence-electron chi connectivity index (χ4n) is 0.147. The van der Waals surface area contributed by atoms with Gasteiger partial charge in [-0.3, -0.25) is 0 Å². The zero-order chi connectivity index (χ0) is 8.98. The van der Waals surface area contributed by atoms with Gasteiger partial charge < -0.3 is 0 Å². The van der Waals surface area contributed by atoms with E-state index in [4.69, 9.17) is 0 Å². The van der Waals surface area contributed by atoms with Gasteiger partial charge in [0.05, 0.1) is 0 Å². The largest absolute Gasteiger partial charge is 0.187 e. The van der Waals surface area contributed by atoms with Crippen molar-refractivity contribution in [3.8, 4) is 0 Å². The molecule has 12 heavy (non-hydrogen) atoms. The Balaban J connectivity index is 0. The van der Waals surface area contributed by atoms with Gasteiger partial charge in [0, 0.05) is 0 Å². The van der Waals surface area contributed by atoms with Crippen molar-refractivity contribution in [1.82, 2.24) is 0 Å². The van der Waals surface area contributed by atoms with Gasteiger partial charge in [-0.15, -0.1) is 0 Å². The molecule has 0 N–H and O–H groups in total. The normalized spacial score (nSPS) is 8.75. The summed E-state index contributed by atoms with van der Waals surface area (Å²) in [5.41, 5.74) is 0. The minimum absolute atomic E-state index is 0. The van der Waals surface area contributed by atoms with Gasteiger partial charge in [-0.2, -0.15) is 0 Å². The summed E-state index contributed by atoms with van der Waals surface area (Å²) in [6, 6.07) is 0. The molecule has 0 saturated carbocycles. The molecule has 7 heteroatoms. The Bertz CT molecular complexity index is 555. The van der Waals surface area contributed by atoms with Gasteiger partial charge in [0.15, 0.2) is 17.4 Å². The molecule has 0 rings (SSSR count). The van der Waals surface area contributed by atoms with Gasteiger partial charge in [0.2, 0.25) is 0 Å². The molecule has 0 atom stereocenters. The third-order valence-electron chi connectivity index (χ3n) is 0.722. The van der Waals surface area contributed by atoms with E-state index in [0.717, 1.165) is 23.9 Å². The number of hydrogen-bond donors (Lipinski definition) is 0. The predicted octanol–water partition coefficient (Wildman–Crippen LogP) is -3.17. The van der Waals surface area contributed by atoms with E-state index in [1.165, 1.54) is 0 Å². The van der Waals surface area contributed by atoms with Crippen LogP contribution in [0.1, 0.15) is 0 Å². The van der Waals surface area contributed by atoms with Crippen LogP contribution in [0.4, 0.5) is 0 Å². The van der Waals surface area contributed by atoms with Crippen LogP contribution in [-0.2, 0) is 33.6 Å². The van der Waals surface area contributed by atoms with Crippen LogP contribution in [0.2, 0.25) is 0 Å². The average Bonchev–Trinajstić information content (AvgIpc) is 2.12. The molecule has 0 aromatic rings. The van der Waals surface area contributed by atoms with Gasteiger partial charge in [0.25, 0.3) is 0 Å². The molecule has 0 radical (unpaired) electrons. The number of carbonyl (C=O) groups excluding carboxylic acids is 5. The van der Waals surface area contributed by atoms with Crippen LogP contribution in [-0.4, -0.2) is 41.3 Å². The molecule has 0 amide bonds. The molecule has 0 aliphatic rings. The Morgan fingerprint density at radius 3 is 0.750 bits per heavy atom. The molecule has 0 spiro atoms. The van der Waals surface area contributed by atoms with Crippen LogP contribution in [0.25, 0.3) is 0 Å². The molecule has 0 aliphatic heterocycles. The van der Waals surface area contributed by atoms with Crippen molar-refractivity contribution in [1.29, 1.82) is 0 Å². The van der Waals surface area contributed by atoms with Crippen molar-refractivity contribution in [2.24, 2.45) is 0 Å². The molecule has 0 bridgehead atoms. The first-order chi connectivity index (χ1) is 5.12. The average molecular weight is 226 g/mol. The summed E-state index contributed by atoms with van der Waals surface area (Å²) in [4.78, 5) is 53.4. The van der Waals surface area contributed by atoms with Gasteiger partial charge in [0.1, 0.15) is 0 Å². The third kappa shape index (κ3) is 1.58. The van der Waals surface area contributed by atoms with Crippen molar-refractivity contribution >= 4 is 41.3 Å². The Labute approximate surface area is 75.0 Å². The SMILES string of the molecule is O=[C]=[Fe](=[C]=O)(=[C]=O)(=[C]=O)=[C]=O.[AlH3]. The van der Waals surface area contributed by atoms with Crippen molar-refractivity contribution in [3.63, 3.8) is 0 Å². The maximum absolute atomic E-state index is 9.96. The Morgan fingerprint density at radius 2 is 0.750 bits per heavy atom. The second kappa shape index (κ2) is 4.10. The summed E-state index contributed by atoms with van der Waals surface area (Å²) in [7, 11) is -5.33. The Hall–Kier alpha value is -1.05. The van der Waals surface area contributed by atoms with Crippen LogP contribution >= 0.6 is 0 Å². The quantitative estimate of drug-likeness (QED) is 0.406. The molecule has 5 nitrogen and oxygen atoms in total. The second-order valence-corrected chi connectivity index (χ2v) is 5.13. The molecule has 64 valence electrons. The summed E-state index contributed by atoms with van der Waals surface area (Å²) in [5.74, 6) is 0. The first kappa shape index (κ1) is 13.5. The van der Waals surface area contributed by atoms with Crippen molar-refractivity contribution in [2.45, 2.75) is 0 Å². The van der Waals surface area contributed by atoms with E-state index in [1.54, 1.807) is 0 Å². The summed E-state index contributed by atoms with van der Waals surface area (Å²) in [5, 5.41) is 0. The van der Waals surface area contributed by atoms with Crippen LogP contribution in [0, 0.1) is 0 Å². The third-order valence-corrected chi connectivity index (χ3v) is 2.98. The topological polar surface area (TPSA) is 85.3 Å². The van der Waals surface area contributed by atoms with Gasteiger partial charge in [-0.1, -0.05) is 0 Å². The minimum atomic E-state index is -5.33. The monoisotopic (exact) mass is 226 g/mol.